The van der Waals surface area contributed by atoms with Gasteiger partial charge in [-0.15, -0.1) is 11.3 Å². The first-order valence-corrected chi connectivity index (χ1v) is 10.5. The number of hydrogen-bond donors (Lipinski definition) is 0. The van der Waals surface area contributed by atoms with Crippen molar-refractivity contribution in [1.29, 1.82) is 0 Å². The number of thioether (sulfide) groups is 1. The van der Waals surface area contributed by atoms with Gasteiger partial charge < -0.3 is 4.90 Å². The molecule has 128 valence electrons. The monoisotopic (exact) mass is 400 g/mol. The van der Waals surface area contributed by atoms with E-state index in [2.05, 4.69) is 11.9 Å². The second kappa shape index (κ2) is 8.09. The molecular weight excluding hydrogens is 383 g/mol. The van der Waals surface area contributed by atoms with Crippen molar-refractivity contribution >= 4 is 52.2 Å². The van der Waals surface area contributed by atoms with Crippen LogP contribution in [0.5, 0.6) is 0 Å². The molecule has 0 saturated carbocycles. The smallest absolute Gasteiger partial charge is 0.233 e. The Morgan fingerprint density at radius 1 is 1.46 bits per heavy atom. The average molecular weight is 401 g/mol. The summed E-state index contributed by atoms with van der Waals surface area (Å²) >= 11 is 15.2. The minimum Gasteiger partial charge on any atom is -0.342 e. The van der Waals surface area contributed by atoms with Crippen molar-refractivity contribution in [3.63, 3.8) is 0 Å². The van der Waals surface area contributed by atoms with E-state index in [1.807, 2.05) is 16.3 Å². The van der Waals surface area contributed by atoms with Crippen molar-refractivity contribution in [3.05, 3.63) is 33.6 Å². The molecule has 1 aliphatic rings. The summed E-state index contributed by atoms with van der Waals surface area (Å²) in [5.74, 6) is 1.24. The van der Waals surface area contributed by atoms with E-state index < -0.39 is 0 Å². The fraction of sp³-hybridized carbons (Fsp3) is 0.412. The summed E-state index contributed by atoms with van der Waals surface area (Å²) in [5, 5.41) is 3.16. The molecule has 3 rings (SSSR count). The number of halogens is 2. The summed E-state index contributed by atoms with van der Waals surface area (Å²) in [4.78, 5) is 18.9. The molecule has 0 bridgehead atoms. The molecule has 1 aromatic heterocycles. The maximum absolute atomic E-state index is 12.3. The third kappa shape index (κ3) is 4.45. The van der Waals surface area contributed by atoms with E-state index >= 15 is 0 Å². The third-order valence-electron chi connectivity index (χ3n) is 4.02. The molecule has 24 heavy (non-hydrogen) atoms. The van der Waals surface area contributed by atoms with Gasteiger partial charge in [0.1, 0.15) is 0 Å². The summed E-state index contributed by atoms with van der Waals surface area (Å²) in [6.07, 6.45) is 2.32. The number of thiazole rings is 1. The lowest BCUT2D eigenvalue weighted by Gasteiger charge is -2.30. The van der Waals surface area contributed by atoms with Crippen molar-refractivity contribution in [1.82, 2.24) is 9.88 Å². The van der Waals surface area contributed by atoms with Crippen molar-refractivity contribution in [2.75, 3.05) is 18.8 Å². The lowest BCUT2D eigenvalue weighted by atomic mass is 10.0. The lowest BCUT2D eigenvalue weighted by molar-refractivity contribution is -0.130. The Bertz CT molecular complexity index is 735. The predicted molar refractivity (Wildman–Crippen MR) is 103 cm³/mol. The van der Waals surface area contributed by atoms with Crippen LogP contribution < -0.4 is 0 Å². The number of aromatic nitrogens is 1. The van der Waals surface area contributed by atoms with Crippen LogP contribution in [0.15, 0.2) is 27.9 Å². The highest BCUT2D eigenvalue weighted by molar-refractivity contribution is 8.01. The zero-order valence-electron chi connectivity index (χ0n) is 13.3. The minimum absolute atomic E-state index is 0.202. The second-order valence-corrected chi connectivity index (χ2v) is 8.92. The van der Waals surface area contributed by atoms with Gasteiger partial charge in [0.2, 0.25) is 5.91 Å². The Balaban J connectivity index is 1.61. The zero-order valence-corrected chi connectivity index (χ0v) is 16.4. The fourth-order valence-electron chi connectivity index (χ4n) is 2.78. The molecule has 1 saturated heterocycles. The van der Waals surface area contributed by atoms with Gasteiger partial charge in [0, 0.05) is 29.1 Å². The molecule has 1 unspecified atom stereocenters. The summed E-state index contributed by atoms with van der Waals surface area (Å²) < 4.78 is 0.884. The van der Waals surface area contributed by atoms with Crippen LogP contribution in [0.25, 0.3) is 11.3 Å². The Morgan fingerprint density at radius 2 is 2.29 bits per heavy atom. The molecule has 2 aromatic rings. The highest BCUT2D eigenvalue weighted by atomic mass is 35.5. The summed E-state index contributed by atoms with van der Waals surface area (Å²) in [7, 11) is 0. The molecule has 1 fully saturated rings. The second-order valence-electron chi connectivity index (χ2n) is 6.00. The molecule has 7 heteroatoms. The molecular formula is C17H18Cl2N2OS2. The molecule has 1 aromatic carbocycles. The van der Waals surface area contributed by atoms with Crippen LogP contribution in [-0.2, 0) is 4.79 Å². The highest BCUT2D eigenvalue weighted by Crippen LogP contribution is 2.33. The van der Waals surface area contributed by atoms with Crippen LogP contribution >= 0.6 is 46.3 Å². The van der Waals surface area contributed by atoms with E-state index in [0.29, 0.717) is 21.7 Å². The average Bonchev–Trinajstić information content (AvgIpc) is 3.01. The molecule has 0 radical (unpaired) electrons. The van der Waals surface area contributed by atoms with Crippen LogP contribution in [0.3, 0.4) is 0 Å². The topological polar surface area (TPSA) is 33.2 Å². The molecule has 0 aliphatic carbocycles. The van der Waals surface area contributed by atoms with E-state index in [9.17, 15) is 4.79 Å². The summed E-state index contributed by atoms with van der Waals surface area (Å²) in [6.45, 7) is 3.96. The van der Waals surface area contributed by atoms with Gasteiger partial charge in [0.05, 0.1) is 16.5 Å². The molecule has 1 aliphatic heterocycles. The molecule has 0 N–H and O–H groups in total. The van der Waals surface area contributed by atoms with Crippen LogP contribution in [0.1, 0.15) is 19.8 Å². The first kappa shape index (κ1) is 18.1. The zero-order chi connectivity index (χ0) is 17.1. The van der Waals surface area contributed by atoms with Gasteiger partial charge >= 0.3 is 0 Å². The summed E-state index contributed by atoms with van der Waals surface area (Å²) in [5.41, 5.74) is 1.68. The van der Waals surface area contributed by atoms with E-state index in [-0.39, 0.29) is 5.91 Å². The maximum atomic E-state index is 12.3. The van der Waals surface area contributed by atoms with Gasteiger partial charge in [-0.1, -0.05) is 41.9 Å². The van der Waals surface area contributed by atoms with Crippen LogP contribution in [-0.4, -0.2) is 34.6 Å². The van der Waals surface area contributed by atoms with Gasteiger partial charge in [0.15, 0.2) is 4.34 Å². The van der Waals surface area contributed by atoms with Crippen molar-refractivity contribution in [3.8, 4) is 11.3 Å². The minimum atomic E-state index is 0.202. The van der Waals surface area contributed by atoms with Gasteiger partial charge in [-0.25, -0.2) is 4.98 Å². The Morgan fingerprint density at radius 3 is 3.04 bits per heavy atom. The first-order valence-electron chi connectivity index (χ1n) is 7.84. The van der Waals surface area contributed by atoms with Gasteiger partial charge in [0.25, 0.3) is 0 Å². The van der Waals surface area contributed by atoms with E-state index in [4.69, 9.17) is 23.2 Å². The van der Waals surface area contributed by atoms with Crippen LogP contribution in [0, 0.1) is 5.92 Å². The number of benzene rings is 1. The standard InChI is InChI=1S/C17H18Cl2N2OS2/c1-11-3-2-6-21(8-11)16(22)10-24-17-20-15(9-23-17)13-5-4-12(18)7-14(13)19/h4-5,7,9,11H,2-3,6,8,10H2,1H3. The normalized spacial score (nSPS) is 18.0. The quantitative estimate of drug-likeness (QED) is 0.637. The van der Waals surface area contributed by atoms with Gasteiger partial charge in [-0.05, 0) is 37.0 Å². The molecule has 1 amide bonds. The number of rotatable bonds is 4. The number of hydrogen-bond acceptors (Lipinski definition) is 4. The fourth-order valence-corrected chi connectivity index (χ4v) is 5.01. The highest BCUT2D eigenvalue weighted by Gasteiger charge is 2.21. The summed E-state index contributed by atoms with van der Waals surface area (Å²) in [6, 6.07) is 5.38. The van der Waals surface area contributed by atoms with Crippen molar-refractivity contribution in [2.45, 2.75) is 24.1 Å². The number of carbonyl (C=O) groups is 1. The molecule has 0 spiro atoms. The maximum Gasteiger partial charge on any atom is 0.233 e. The Hall–Kier alpha value is -0.750. The lowest BCUT2D eigenvalue weighted by Crippen LogP contribution is -2.40. The van der Waals surface area contributed by atoms with E-state index in [1.54, 1.807) is 12.1 Å². The number of likely N-dealkylation sites (tertiary alicyclic amines) is 1. The number of nitrogens with zero attached hydrogens (tertiary/aromatic N) is 2. The Labute approximate surface area is 160 Å². The molecule has 1 atom stereocenters. The van der Waals surface area contributed by atoms with Crippen molar-refractivity contribution in [2.24, 2.45) is 5.92 Å². The predicted octanol–water partition coefficient (Wildman–Crippen LogP) is 5.47. The largest absolute Gasteiger partial charge is 0.342 e. The van der Waals surface area contributed by atoms with E-state index in [0.717, 1.165) is 35.1 Å². The number of piperidine rings is 1. The molecule has 2 heterocycles. The number of amides is 1. The van der Waals surface area contributed by atoms with Crippen LogP contribution in [0.2, 0.25) is 10.0 Å². The Kier molecular flexibility index (Phi) is 6.08. The van der Waals surface area contributed by atoms with E-state index in [1.165, 1.54) is 29.5 Å². The number of carbonyl (C=O) groups excluding carboxylic acids is 1. The molecule has 3 nitrogen and oxygen atoms in total. The third-order valence-corrected chi connectivity index (χ3v) is 6.57. The van der Waals surface area contributed by atoms with Gasteiger partial charge in [-0.2, -0.15) is 0 Å². The van der Waals surface area contributed by atoms with Crippen LogP contribution in [0.4, 0.5) is 0 Å². The first-order chi connectivity index (χ1) is 11.5. The van der Waals surface area contributed by atoms with Crippen molar-refractivity contribution < 1.29 is 4.79 Å². The SMILES string of the molecule is CC1CCCN(C(=O)CSc2nc(-c3ccc(Cl)cc3Cl)cs2)C1. The van der Waals surface area contributed by atoms with Gasteiger partial charge in [-0.3, -0.25) is 4.79 Å².